The average molecular weight is 200 g/mol. The number of hydrogen-bond donors (Lipinski definition) is 1. The molecule has 14 heavy (non-hydrogen) atoms. The number of carbonyl (C=O) groups is 1. The SMILES string of the molecule is CCCCCC(O)C(CC)CC(C)=O. The zero-order valence-corrected chi connectivity index (χ0v) is 9.75. The van der Waals surface area contributed by atoms with Crippen molar-refractivity contribution in [3.63, 3.8) is 0 Å². The van der Waals surface area contributed by atoms with E-state index in [2.05, 4.69) is 6.92 Å². The van der Waals surface area contributed by atoms with Crippen LogP contribution in [0.1, 0.15) is 59.3 Å². The van der Waals surface area contributed by atoms with Crippen LogP contribution in [0, 0.1) is 5.92 Å². The number of rotatable bonds is 8. The van der Waals surface area contributed by atoms with Crippen LogP contribution in [0.25, 0.3) is 0 Å². The lowest BCUT2D eigenvalue weighted by Gasteiger charge is -2.20. The summed E-state index contributed by atoms with van der Waals surface area (Å²) in [7, 11) is 0. The largest absolute Gasteiger partial charge is 0.393 e. The molecule has 0 radical (unpaired) electrons. The number of aliphatic hydroxyl groups is 1. The lowest BCUT2D eigenvalue weighted by atomic mass is 9.91. The fourth-order valence-electron chi connectivity index (χ4n) is 1.76. The fourth-order valence-corrected chi connectivity index (χ4v) is 1.76. The van der Waals surface area contributed by atoms with Gasteiger partial charge in [0.1, 0.15) is 5.78 Å². The van der Waals surface area contributed by atoms with Crippen LogP contribution < -0.4 is 0 Å². The van der Waals surface area contributed by atoms with Gasteiger partial charge in [0.15, 0.2) is 0 Å². The molecule has 0 saturated carbocycles. The van der Waals surface area contributed by atoms with E-state index in [0.717, 1.165) is 19.3 Å². The zero-order valence-electron chi connectivity index (χ0n) is 9.75. The van der Waals surface area contributed by atoms with Crippen molar-refractivity contribution in [2.75, 3.05) is 0 Å². The van der Waals surface area contributed by atoms with Crippen molar-refractivity contribution in [2.24, 2.45) is 5.92 Å². The molecule has 0 bridgehead atoms. The van der Waals surface area contributed by atoms with Crippen LogP contribution in [-0.2, 0) is 4.79 Å². The molecule has 2 nitrogen and oxygen atoms in total. The monoisotopic (exact) mass is 200 g/mol. The quantitative estimate of drug-likeness (QED) is 0.612. The molecule has 0 aliphatic carbocycles. The molecule has 0 aromatic heterocycles. The van der Waals surface area contributed by atoms with Gasteiger partial charge in [0.05, 0.1) is 6.10 Å². The van der Waals surface area contributed by atoms with Crippen LogP contribution in [0.5, 0.6) is 0 Å². The molecular weight excluding hydrogens is 176 g/mol. The van der Waals surface area contributed by atoms with Gasteiger partial charge in [-0.15, -0.1) is 0 Å². The fraction of sp³-hybridized carbons (Fsp3) is 0.917. The van der Waals surface area contributed by atoms with Gasteiger partial charge in [0.2, 0.25) is 0 Å². The van der Waals surface area contributed by atoms with Gasteiger partial charge in [-0.3, -0.25) is 0 Å². The zero-order chi connectivity index (χ0) is 11.0. The van der Waals surface area contributed by atoms with Crippen LogP contribution in [0.3, 0.4) is 0 Å². The predicted octanol–water partition coefficient (Wildman–Crippen LogP) is 2.93. The summed E-state index contributed by atoms with van der Waals surface area (Å²) in [6.07, 6.45) is 5.42. The van der Waals surface area contributed by atoms with E-state index < -0.39 is 0 Å². The highest BCUT2D eigenvalue weighted by atomic mass is 16.3. The average Bonchev–Trinajstić information content (AvgIpc) is 2.14. The normalized spacial score (nSPS) is 15.1. The Morgan fingerprint density at radius 2 is 1.93 bits per heavy atom. The number of aliphatic hydroxyl groups excluding tert-OH is 1. The summed E-state index contributed by atoms with van der Waals surface area (Å²) in [4.78, 5) is 10.9. The number of unbranched alkanes of at least 4 members (excludes halogenated alkanes) is 2. The van der Waals surface area contributed by atoms with E-state index in [4.69, 9.17) is 0 Å². The summed E-state index contributed by atoms with van der Waals surface area (Å²) in [6, 6.07) is 0. The van der Waals surface area contributed by atoms with E-state index in [1.54, 1.807) is 6.92 Å². The second kappa shape index (κ2) is 7.98. The van der Waals surface area contributed by atoms with E-state index in [-0.39, 0.29) is 17.8 Å². The van der Waals surface area contributed by atoms with Crippen LogP contribution in [0.4, 0.5) is 0 Å². The maximum atomic E-state index is 10.9. The standard InChI is InChI=1S/C12H24O2/c1-4-6-7-8-12(14)11(5-2)9-10(3)13/h11-12,14H,4-9H2,1-3H3. The topological polar surface area (TPSA) is 37.3 Å². The Labute approximate surface area is 87.7 Å². The molecule has 2 heteroatoms. The van der Waals surface area contributed by atoms with Gasteiger partial charge in [-0.2, -0.15) is 0 Å². The first kappa shape index (κ1) is 13.6. The van der Waals surface area contributed by atoms with Gasteiger partial charge in [-0.05, 0) is 19.3 Å². The van der Waals surface area contributed by atoms with Crippen molar-refractivity contribution in [3.8, 4) is 0 Å². The minimum absolute atomic E-state index is 0.171. The highest BCUT2D eigenvalue weighted by Crippen LogP contribution is 2.18. The first-order chi connectivity index (χ1) is 6.61. The molecule has 0 aliphatic heterocycles. The molecule has 0 saturated heterocycles. The van der Waals surface area contributed by atoms with Crippen molar-refractivity contribution >= 4 is 5.78 Å². The summed E-state index contributed by atoms with van der Waals surface area (Å²) in [5.74, 6) is 0.357. The molecule has 0 aliphatic rings. The van der Waals surface area contributed by atoms with E-state index >= 15 is 0 Å². The molecule has 0 amide bonds. The molecule has 0 fully saturated rings. The molecular formula is C12H24O2. The lowest BCUT2D eigenvalue weighted by molar-refractivity contribution is -0.118. The van der Waals surface area contributed by atoms with Gasteiger partial charge in [-0.1, -0.05) is 39.5 Å². The third kappa shape index (κ3) is 6.14. The highest BCUT2D eigenvalue weighted by Gasteiger charge is 2.18. The van der Waals surface area contributed by atoms with E-state index in [1.807, 2.05) is 6.92 Å². The van der Waals surface area contributed by atoms with Crippen molar-refractivity contribution in [1.82, 2.24) is 0 Å². The number of carbonyl (C=O) groups excluding carboxylic acids is 1. The number of ketones is 1. The molecule has 1 N–H and O–H groups in total. The van der Waals surface area contributed by atoms with E-state index in [0.29, 0.717) is 6.42 Å². The summed E-state index contributed by atoms with van der Waals surface area (Å²) in [6.45, 7) is 5.79. The molecule has 2 unspecified atom stereocenters. The van der Waals surface area contributed by atoms with Crippen LogP contribution >= 0.6 is 0 Å². The van der Waals surface area contributed by atoms with Gasteiger partial charge in [0, 0.05) is 6.42 Å². The summed E-state index contributed by atoms with van der Waals surface area (Å²) in [5.41, 5.74) is 0. The Balaban J connectivity index is 3.78. The molecule has 84 valence electrons. The third-order valence-electron chi connectivity index (χ3n) is 2.72. The summed E-state index contributed by atoms with van der Waals surface area (Å²) >= 11 is 0. The number of hydrogen-bond acceptors (Lipinski definition) is 2. The molecule has 0 spiro atoms. The van der Waals surface area contributed by atoms with Crippen LogP contribution in [0.15, 0.2) is 0 Å². The Morgan fingerprint density at radius 1 is 1.29 bits per heavy atom. The first-order valence-corrected chi connectivity index (χ1v) is 5.79. The number of Topliss-reactive ketones (excluding diaryl/α,β-unsaturated/α-hetero) is 1. The Bertz CT molecular complexity index is 154. The van der Waals surface area contributed by atoms with Crippen molar-refractivity contribution in [3.05, 3.63) is 0 Å². The molecule has 0 aromatic carbocycles. The third-order valence-corrected chi connectivity index (χ3v) is 2.72. The highest BCUT2D eigenvalue weighted by molar-refractivity contribution is 5.75. The molecule has 2 atom stereocenters. The molecule has 0 heterocycles. The second-order valence-corrected chi connectivity index (χ2v) is 4.14. The minimum atomic E-state index is -0.282. The molecule has 0 aromatic rings. The smallest absolute Gasteiger partial charge is 0.130 e. The van der Waals surface area contributed by atoms with E-state index in [9.17, 15) is 9.90 Å². The van der Waals surface area contributed by atoms with Crippen LogP contribution in [0.2, 0.25) is 0 Å². The lowest BCUT2D eigenvalue weighted by Crippen LogP contribution is -2.21. The van der Waals surface area contributed by atoms with Crippen molar-refractivity contribution in [1.29, 1.82) is 0 Å². The maximum absolute atomic E-state index is 10.9. The van der Waals surface area contributed by atoms with Crippen LogP contribution in [-0.4, -0.2) is 17.0 Å². The summed E-state index contributed by atoms with van der Waals surface area (Å²) in [5, 5.41) is 9.83. The van der Waals surface area contributed by atoms with Gasteiger partial charge >= 0.3 is 0 Å². The maximum Gasteiger partial charge on any atom is 0.130 e. The predicted molar refractivity (Wildman–Crippen MR) is 59.2 cm³/mol. The van der Waals surface area contributed by atoms with Gasteiger partial charge < -0.3 is 9.90 Å². The minimum Gasteiger partial charge on any atom is -0.393 e. The Kier molecular flexibility index (Phi) is 7.77. The Hall–Kier alpha value is -0.370. The van der Waals surface area contributed by atoms with Crippen molar-refractivity contribution < 1.29 is 9.90 Å². The summed E-state index contributed by atoms with van der Waals surface area (Å²) < 4.78 is 0. The second-order valence-electron chi connectivity index (χ2n) is 4.14. The van der Waals surface area contributed by atoms with E-state index in [1.165, 1.54) is 12.8 Å². The molecule has 0 rings (SSSR count). The van der Waals surface area contributed by atoms with Crippen molar-refractivity contribution in [2.45, 2.75) is 65.4 Å². The Morgan fingerprint density at radius 3 is 2.36 bits per heavy atom. The van der Waals surface area contributed by atoms with Gasteiger partial charge in [0.25, 0.3) is 0 Å². The van der Waals surface area contributed by atoms with Gasteiger partial charge in [-0.25, -0.2) is 0 Å². The first-order valence-electron chi connectivity index (χ1n) is 5.79.